The van der Waals surface area contributed by atoms with Crippen LogP contribution < -0.4 is 10.1 Å². The number of methoxy groups -OCH3 is 1. The zero-order chi connectivity index (χ0) is 12.1. The maximum absolute atomic E-state index is 5.11. The number of likely N-dealkylation sites (N-methyl/N-ethyl adjacent to an activating group) is 1. The summed E-state index contributed by atoms with van der Waals surface area (Å²) in [5.74, 6) is 1.56. The van der Waals surface area contributed by atoms with Crippen molar-refractivity contribution in [1.82, 2.24) is 15.3 Å². The van der Waals surface area contributed by atoms with Gasteiger partial charge in [0.05, 0.1) is 7.11 Å². The third kappa shape index (κ3) is 3.40. The summed E-state index contributed by atoms with van der Waals surface area (Å²) in [6.45, 7) is 0. The molecule has 0 amide bonds. The zero-order valence-electron chi connectivity index (χ0n) is 10.6. The van der Waals surface area contributed by atoms with Crippen LogP contribution in [-0.4, -0.2) is 30.2 Å². The lowest BCUT2D eigenvalue weighted by Crippen LogP contribution is -2.32. The molecule has 1 unspecified atom stereocenters. The number of rotatable bonds is 6. The first-order valence-electron chi connectivity index (χ1n) is 6.34. The Kier molecular flexibility index (Phi) is 4.31. The Morgan fingerprint density at radius 3 is 2.88 bits per heavy atom. The highest BCUT2D eigenvalue weighted by atomic mass is 16.5. The smallest absolute Gasteiger partial charge is 0.216 e. The fraction of sp³-hybridized carbons (Fsp3) is 0.692. The van der Waals surface area contributed by atoms with Crippen molar-refractivity contribution in [3.8, 4) is 5.88 Å². The second kappa shape index (κ2) is 5.96. The van der Waals surface area contributed by atoms with E-state index in [1.165, 1.54) is 25.7 Å². The molecule has 17 heavy (non-hydrogen) atoms. The predicted molar refractivity (Wildman–Crippen MR) is 67.1 cm³/mol. The lowest BCUT2D eigenvalue weighted by Gasteiger charge is -2.29. The van der Waals surface area contributed by atoms with E-state index in [-0.39, 0.29) is 0 Å². The third-order valence-corrected chi connectivity index (χ3v) is 3.61. The lowest BCUT2D eigenvalue weighted by molar-refractivity contribution is 0.263. The summed E-state index contributed by atoms with van der Waals surface area (Å²) in [6.07, 6.45) is 7.97. The largest absolute Gasteiger partial charge is 0.481 e. The summed E-state index contributed by atoms with van der Waals surface area (Å²) >= 11 is 0. The van der Waals surface area contributed by atoms with E-state index in [4.69, 9.17) is 4.74 Å². The molecule has 1 aliphatic rings. The molecule has 1 heterocycles. The van der Waals surface area contributed by atoms with Gasteiger partial charge < -0.3 is 10.1 Å². The van der Waals surface area contributed by atoms with Crippen molar-refractivity contribution < 1.29 is 4.74 Å². The van der Waals surface area contributed by atoms with Crippen LogP contribution in [0, 0.1) is 5.92 Å². The lowest BCUT2D eigenvalue weighted by atomic mass is 9.80. The molecule has 1 aliphatic carbocycles. The van der Waals surface area contributed by atoms with Crippen LogP contribution in [0.3, 0.4) is 0 Å². The number of hydrogen-bond donors (Lipinski definition) is 1. The maximum atomic E-state index is 5.11. The summed E-state index contributed by atoms with van der Waals surface area (Å²) in [5, 5.41) is 3.39. The average molecular weight is 235 g/mol. The summed E-state index contributed by atoms with van der Waals surface area (Å²) in [6, 6.07) is 2.44. The second-order valence-electron chi connectivity index (χ2n) is 4.77. The minimum Gasteiger partial charge on any atom is -0.481 e. The molecule has 0 aromatic carbocycles. The Labute approximate surface area is 103 Å². The quantitative estimate of drug-likeness (QED) is 0.817. The highest BCUT2D eigenvalue weighted by Crippen LogP contribution is 2.30. The van der Waals surface area contributed by atoms with E-state index in [2.05, 4.69) is 15.3 Å². The Morgan fingerprint density at radius 2 is 2.29 bits per heavy atom. The van der Waals surface area contributed by atoms with Crippen LogP contribution in [0.4, 0.5) is 0 Å². The molecule has 0 radical (unpaired) electrons. The van der Waals surface area contributed by atoms with Crippen molar-refractivity contribution in [1.29, 1.82) is 0 Å². The van der Waals surface area contributed by atoms with Gasteiger partial charge in [-0.1, -0.05) is 19.3 Å². The molecule has 1 fully saturated rings. The Morgan fingerprint density at radius 1 is 1.47 bits per heavy atom. The van der Waals surface area contributed by atoms with Crippen LogP contribution in [0.2, 0.25) is 0 Å². The molecule has 0 saturated heterocycles. The van der Waals surface area contributed by atoms with Gasteiger partial charge in [0.1, 0.15) is 6.33 Å². The van der Waals surface area contributed by atoms with Gasteiger partial charge in [0.2, 0.25) is 5.88 Å². The molecule has 1 atom stereocenters. The van der Waals surface area contributed by atoms with Crippen molar-refractivity contribution in [2.75, 3.05) is 14.2 Å². The van der Waals surface area contributed by atoms with Gasteiger partial charge in [0, 0.05) is 24.2 Å². The first kappa shape index (κ1) is 12.3. The number of nitrogens with one attached hydrogen (secondary N) is 1. The molecule has 1 saturated carbocycles. The number of hydrogen-bond acceptors (Lipinski definition) is 4. The summed E-state index contributed by atoms with van der Waals surface area (Å²) in [5.41, 5.74) is 1.05. The first-order valence-corrected chi connectivity index (χ1v) is 6.34. The molecule has 1 aromatic heterocycles. The van der Waals surface area contributed by atoms with Crippen LogP contribution in [0.5, 0.6) is 5.88 Å². The molecular formula is C13H21N3O. The summed E-state index contributed by atoms with van der Waals surface area (Å²) < 4.78 is 5.11. The van der Waals surface area contributed by atoms with Crippen molar-refractivity contribution in [2.45, 2.75) is 38.1 Å². The van der Waals surface area contributed by atoms with Crippen molar-refractivity contribution in [3.63, 3.8) is 0 Å². The summed E-state index contributed by atoms with van der Waals surface area (Å²) in [7, 11) is 3.66. The number of aromatic nitrogens is 2. The Bertz CT molecular complexity index is 352. The van der Waals surface area contributed by atoms with Crippen molar-refractivity contribution >= 4 is 0 Å². The van der Waals surface area contributed by atoms with E-state index in [9.17, 15) is 0 Å². The fourth-order valence-corrected chi connectivity index (χ4v) is 2.29. The van der Waals surface area contributed by atoms with Gasteiger partial charge >= 0.3 is 0 Å². The average Bonchev–Trinajstić information content (AvgIpc) is 2.32. The van der Waals surface area contributed by atoms with E-state index in [0.717, 1.165) is 18.0 Å². The highest BCUT2D eigenvalue weighted by Gasteiger charge is 2.21. The first-order chi connectivity index (χ1) is 8.31. The zero-order valence-corrected chi connectivity index (χ0v) is 10.6. The molecule has 4 heteroatoms. The molecule has 2 rings (SSSR count). The molecule has 94 valence electrons. The molecule has 4 nitrogen and oxygen atoms in total. The molecule has 0 spiro atoms. The van der Waals surface area contributed by atoms with Gasteiger partial charge in [-0.2, -0.15) is 0 Å². The van der Waals surface area contributed by atoms with Crippen molar-refractivity contribution in [2.24, 2.45) is 5.92 Å². The van der Waals surface area contributed by atoms with E-state index in [1.807, 2.05) is 13.1 Å². The van der Waals surface area contributed by atoms with Gasteiger partial charge in [0.25, 0.3) is 0 Å². The van der Waals surface area contributed by atoms with Crippen LogP contribution in [0.1, 0.15) is 31.4 Å². The predicted octanol–water partition coefficient (Wildman–Crippen LogP) is 1.81. The van der Waals surface area contributed by atoms with Crippen LogP contribution in [-0.2, 0) is 6.42 Å². The van der Waals surface area contributed by atoms with Crippen LogP contribution in [0.25, 0.3) is 0 Å². The second-order valence-corrected chi connectivity index (χ2v) is 4.77. The SMILES string of the molecule is CNC(Cc1cc(OC)ncn1)CC1CCC1. The maximum Gasteiger partial charge on any atom is 0.216 e. The van der Waals surface area contributed by atoms with E-state index in [1.54, 1.807) is 13.4 Å². The van der Waals surface area contributed by atoms with Gasteiger partial charge in [-0.05, 0) is 19.4 Å². The van der Waals surface area contributed by atoms with Crippen molar-refractivity contribution in [3.05, 3.63) is 18.1 Å². The van der Waals surface area contributed by atoms with E-state index < -0.39 is 0 Å². The third-order valence-electron chi connectivity index (χ3n) is 3.61. The summed E-state index contributed by atoms with van der Waals surface area (Å²) in [4.78, 5) is 8.32. The number of nitrogens with zero attached hydrogens (tertiary/aromatic N) is 2. The van der Waals surface area contributed by atoms with E-state index in [0.29, 0.717) is 11.9 Å². The van der Waals surface area contributed by atoms with Gasteiger partial charge in [-0.25, -0.2) is 9.97 Å². The minimum absolute atomic E-state index is 0.514. The standard InChI is InChI=1S/C13H21N3O/c1-14-11(6-10-4-3-5-10)7-12-8-13(17-2)16-9-15-12/h8-11,14H,3-7H2,1-2H3. The molecule has 1 aromatic rings. The van der Waals surface area contributed by atoms with Gasteiger partial charge in [-0.3, -0.25) is 0 Å². The van der Waals surface area contributed by atoms with Crippen LogP contribution >= 0.6 is 0 Å². The topological polar surface area (TPSA) is 47.0 Å². The monoisotopic (exact) mass is 235 g/mol. The fourth-order valence-electron chi connectivity index (χ4n) is 2.29. The Hall–Kier alpha value is -1.16. The minimum atomic E-state index is 0.514. The van der Waals surface area contributed by atoms with Gasteiger partial charge in [-0.15, -0.1) is 0 Å². The molecule has 0 bridgehead atoms. The van der Waals surface area contributed by atoms with E-state index >= 15 is 0 Å². The van der Waals surface area contributed by atoms with Gasteiger partial charge in [0.15, 0.2) is 0 Å². The number of ether oxygens (including phenoxy) is 1. The molecule has 1 N–H and O–H groups in total. The van der Waals surface area contributed by atoms with Crippen LogP contribution in [0.15, 0.2) is 12.4 Å². The Balaban J connectivity index is 1.91. The highest BCUT2D eigenvalue weighted by molar-refractivity contribution is 5.14. The molecule has 0 aliphatic heterocycles. The molecular weight excluding hydrogens is 214 g/mol. The normalized spacial score (nSPS) is 17.5.